The standard InChI is InChI=1S/C34H30/c1-19-21-11-7-8-12-22(21)20(2)25-16-30-26(15-24(19)25)28-18-31-27(17-32(28)34(30,5)6)23-13-9-10-14-29(23)33(31,3)4/h7-18H,1-6H3. The zero-order valence-electron chi connectivity index (χ0n) is 20.9. The molecule has 0 N–H and O–H groups in total. The van der Waals surface area contributed by atoms with Gasteiger partial charge in [-0.1, -0.05) is 76.2 Å². The maximum atomic E-state index is 2.52. The zero-order chi connectivity index (χ0) is 23.6. The second kappa shape index (κ2) is 6.19. The van der Waals surface area contributed by atoms with Gasteiger partial charge in [0.05, 0.1) is 0 Å². The van der Waals surface area contributed by atoms with Gasteiger partial charge in [0.15, 0.2) is 0 Å². The third-order valence-corrected chi connectivity index (χ3v) is 9.06. The zero-order valence-corrected chi connectivity index (χ0v) is 20.9. The van der Waals surface area contributed by atoms with Crippen LogP contribution < -0.4 is 0 Å². The largest absolute Gasteiger partial charge is 0.0619 e. The van der Waals surface area contributed by atoms with Gasteiger partial charge in [-0.2, -0.15) is 0 Å². The molecule has 0 unspecified atom stereocenters. The molecular formula is C34H30. The van der Waals surface area contributed by atoms with Crippen LogP contribution >= 0.6 is 0 Å². The number of hydrogen-bond donors (Lipinski definition) is 0. The number of aryl methyl sites for hydroxylation is 2. The molecule has 34 heavy (non-hydrogen) atoms. The minimum Gasteiger partial charge on any atom is -0.0619 e. The van der Waals surface area contributed by atoms with Crippen LogP contribution in [0, 0.1) is 13.8 Å². The molecule has 0 aliphatic heterocycles. The summed E-state index contributed by atoms with van der Waals surface area (Å²) in [5.74, 6) is 0. The van der Waals surface area contributed by atoms with Crippen LogP contribution in [0.1, 0.15) is 61.1 Å². The summed E-state index contributed by atoms with van der Waals surface area (Å²) in [6.45, 7) is 14.2. The van der Waals surface area contributed by atoms with E-state index in [2.05, 4.69) is 114 Å². The Morgan fingerprint density at radius 1 is 0.412 bits per heavy atom. The molecule has 2 aliphatic carbocycles. The second-order valence-corrected chi connectivity index (χ2v) is 11.5. The molecule has 0 radical (unpaired) electrons. The molecule has 0 saturated carbocycles. The summed E-state index contributed by atoms with van der Waals surface area (Å²) < 4.78 is 0. The molecule has 0 atom stereocenters. The summed E-state index contributed by atoms with van der Waals surface area (Å²) >= 11 is 0. The van der Waals surface area contributed by atoms with Crippen molar-refractivity contribution in [1.82, 2.24) is 0 Å². The Morgan fingerprint density at radius 3 is 1.50 bits per heavy atom. The second-order valence-electron chi connectivity index (χ2n) is 11.5. The maximum Gasteiger partial charge on any atom is 0.0159 e. The van der Waals surface area contributed by atoms with Crippen LogP contribution in [0.5, 0.6) is 0 Å². The summed E-state index contributed by atoms with van der Waals surface area (Å²) in [6, 6.07) is 27.9. The van der Waals surface area contributed by atoms with Crippen LogP contribution in [0.25, 0.3) is 43.8 Å². The molecule has 5 aromatic rings. The van der Waals surface area contributed by atoms with Gasteiger partial charge >= 0.3 is 0 Å². The van der Waals surface area contributed by atoms with Crippen molar-refractivity contribution in [2.75, 3.05) is 0 Å². The van der Waals surface area contributed by atoms with E-state index in [9.17, 15) is 0 Å². The monoisotopic (exact) mass is 438 g/mol. The lowest BCUT2D eigenvalue weighted by Crippen LogP contribution is -2.17. The molecule has 7 rings (SSSR count). The van der Waals surface area contributed by atoms with Crippen LogP contribution in [0.15, 0.2) is 72.8 Å². The number of benzene rings is 5. The van der Waals surface area contributed by atoms with E-state index < -0.39 is 0 Å². The molecule has 0 spiro atoms. The minimum atomic E-state index is -0.0262. The lowest BCUT2D eigenvalue weighted by atomic mass is 9.79. The van der Waals surface area contributed by atoms with Gasteiger partial charge in [-0.15, -0.1) is 0 Å². The summed E-state index contributed by atoms with van der Waals surface area (Å²) in [7, 11) is 0. The van der Waals surface area contributed by atoms with E-state index in [-0.39, 0.29) is 10.8 Å². The first-order valence-electron chi connectivity index (χ1n) is 12.5. The predicted molar refractivity (Wildman–Crippen MR) is 146 cm³/mol. The van der Waals surface area contributed by atoms with Gasteiger partial charge in [-0.05, 0) is 115 Å². The highest BCUT2D eigenvalue weighted by Crippen LogP contribution is 2.56. The summed E-state index contributed by atoms with van der Waals surface area (Å²) in [5, 5.41) is 5.53. The van der Waals surface area contributed by atoms with Crippen LogP contribution in [0.2, 0.25) is 0 Å². The van der Waals surface area contributed by atoms with Crippen LogP contribution in [0.3, 0.4) is 0 Å². The van der Waals surface area contributed by atoms with Crippen molar-refractivity contribution in [3.05, 3.63) is 106 Å². The maximum absolute atomic E-state index is 2.52. The third-order valence-electron chi connectivity index (χ3n) is 9.06. The first-order valence-corrected chi connectivity index (χ1v) is 12.5. The summed E-state index contributed by atoms with van der Waals surface area (Å²) in [6.07, 6.45) is 0. The lowest BCUT2D eigenvalue weighted by molar-refractivity contribution is 0.652. The molecule has 0 heterocycles. The van der Waals surface area contributed by atoms with Gasteiger partial charge in [-0.3, -0.25) is 0 Å². The molecule has 0 saturated heterocycles. The molecule has 2 aliphatic rings. The summed E-state index contributed by atoms with van der Waals surface area (Å²) in [4.78, 5) is 0. The van der Waals surface area contributed by atoms with Crippen molar-refractivity contribution in [3.63, 3.8) is 0 Å². The third kappa shape index (κ3) is 2.24. The molecular weight excluding hydrogens is 408 g/mol. The SMILES string of the molecule is Cc1c2ccccc2c(C)c2cc3c(cc12)-c1cc2c(cc1C3(C)C)-c1ccccc1C2(C)C. The number of rotatable bonds is 0. The van der Waals surface area contributed by atoms with E-state index in [4.69, 9.17) is 0 Å². The number of fused-ring (bicyclic) bond motifs is 8. The van der Waals surface area contributed by atoms with Gasteiger partial charge in [0.1, 0.15) is 0 Å². The van der Waals surface area contributed by atoms with Crippen LogP contribution in [0.4, 0.5) is 0 Å². The van der Waals surface area contributed by atoms with Crippen molar-refractivity contribution in [2.24, 2.45) is 0 Å². The van der Waals surface area contributed by atoms with E-state index >= 15 is 0 Å². The fourth-order valence-corrected chi connectivity index (χ4v) is 7.02. The van der Waals surface area contributed by atoms with Gasteiger partial charge in [0.25, 0.3) is 0 Å². The molecule has 5 aromatic carbocycles. The van der Waals surface area contributed by atoms with E-state index in [0.717, 1.165) is 0 Å². The molecule has 0 bridgehead atoms. The molecule has 0 fully saturated rings. The van der Waals surface area contributed by atoms with Gasteiger partial charge in [0, 0.05) is 10.8 Å². The molecule has 0 amide bonds. The van der Waals surface area contributed by atoms with Crippen molar-refractivity contribution in [3.8, 4) is 22.3 Å². The first kappa shape index (κ1) is 20.0. The quantitative estimate of drug-likeness (QED) is 0.211. The Kier molecular flexibility index (Phi) is 3.65. The Balaban J connectivity index is 1.57. The Hall–Kier alpha value is -3.38. The Bertz CT molecular complexity index is 1710. The van der Waals surface area contributed by atoms with Crippen LogP contribution in [-0.4, -0.2) is 0 Å². The van der Waals surface area contributed by atoms with Gasteiger partial charge in [0.2, 0.25) is 0 Å². The summed E-state index contributed by atoms with van der Waals surface area (Å²) in [5.41, 5.74) is 14.3. The highest BCUT2D eigenvalue weighted by molar-refractivity contribution is 6.08. The highest BCUT2D eigenvalue weighted by atomic mass is 14.4. The van der Waals surface area contributed by atoms with Gasteiger partial charge in [-0.25, -0.2) is 0 Å². The first-order chi connectivity index (χ1) is 16.2. The average molecular weight is 439 g/mol. The lowest BCUT2D eigenvalue weighted by Gasteiger charge is -2.24. The van der Waals surface area contributed by atoms with Crippen molar-refractivity contribution in [1.29, 1.82) is 0 Å². The van der Waals surface area contributed by atoms with Crippen LogP contribution in [-0.2, 0) is 10.8 Å². The van der Waals surface area contributed by atoms with Crippen molar-refractivity contribution >= 4 is 21.5 Å². The van der Waals surface area contributed by atoms with E-state index in [1.165, 1.54) is 77.2 Å². The van der Waals surface area contributed by atoms with Crippen molar-refractivity contribution < 1.29 is 0 Å². The smallest absolute Gasteiger partial charge is 0.0159 e. The minimum absolute atomic E-state index is 0.0212. The van der Waals surface area contributed by atoms with E-state index in [1.54, 1.807) is 0 Å². The fraction of sp³-hybridized carbons (Fsp3) is 0.235. The highest BCUT2D eigenvalue weighted by Gasteiger charge is 2.41. The average Bonchev–Trinajstić information content (AvgIpc) is 3.20. The molecule has 0 aromatic heterocycles. The van der Waals surface area contributed by atoms with E-state index in [1.807, 2.05) is 0 Å². The molecule has 0 nitrogen and oxygen atoms in total. The predicted octanol–water partition coefficient (Wildman–Crippen LogP) is 9.22. The van der Waals surface area contributed by atoms with Crippen molar-refractivity contribution in [2.45, 2.75) is 52.4 Å². The van der Waals surface area contributed by atoms with E-state index in [0.29, 0.717) is 0 Å². The number of hydrogen-bond acceptors (Lipinski definition) is 0. The Labute approximate surface area is 202 Å². The molecule has 0 heteroatoms. The normalized spacial score (nSPS) is 16.4. The topological polar surface area (TPSA) is 0 Å². The van der Waals surface area contributed by atoms with Gasteiger partial charge < -0.3 is 0 Å². The Morgan fingerprint density at radius 2 is 0.853 bits per heavy atom. The fourth-order valence-electron chi connectivity index (χ4n) is 7.02. The molecule has 166 valence electrons.